The van der Waals surface area contributed by atoms with Gasteiger partial charge in [0.1, 0.15) is 0 Å². The molecule has 0 heterocycles. The van der Waals surface area contributed by atoms with Crippen LogP contribution in [0, 0.1) is 11.3 Å². The van der Waals surface area contributed by atoms with E-state index in [0.29, 0.717) is 5.57 Å². The molecular formula is C33H36F6O7. The average Bonchev–Trinajstić information content (AvgIpc) is 2.96. The molecule has 0 saturated heterocycles. The Morgan fingerprint density at radius 3 is 1.74 bits per heavy atom. The second-order valence-corrected chi connectivity index (χ2v) is 11.6. The molecule has 252 valence electrons. The second kappa shape index (κ2) is 14.0. The molecule has 1 aliphatic carbocycles. The third-order valence-electron chi connectivity index (χ3n) is 8.41. The van der Waals surface area contributed by atoms with E-state index >= 15 is 0 Å². The first-order chi connectivity index (χ1) is 21.4. The molecule has 0 unspecified atom stereocenters. The minimum absolute atomic E-state index is 0.000327. The number of halogens is 6. The van der Waals surface area contributed by atoms with Gasteiger partial charge < -0.3 is 18.9 Å². The maximum atomic E-state index is 14.4. The largest absolute Gasteiger partial charge is 0.462 e. The fourth-order valence-electron chi connectivity index (χ4n) is 6.04. The Morgan fingerprint density at radius 2 is 1.30 bits per heavy atom. The van der Waals surface area contributed by atoms with Crippen LogP contribution in [0.1, 0.15) is 51.2 Å². The Bertz CT molecular complexity index is 1410. The first-order valence-electron chi connectivity index (χ1n) is 14.3. The summed E-state index contributed by atoms with van der Waals surface area (Å²) in [6.07, 6.45) is -10.1. The number of allylic oxidation sites excluding steroid dienone is 2. The zero-order chi connectivity index (χ0) is 34.6. The number of benzene rings is 2. The van der Waals surface area contributed by atoms with Gasteiger partial charge in [-0.05, 0) is 38.7 Å². The maximum absolute atomic E-state index is 14.4. The van der Waals surface area contributed by atoms with Gasteiger partial charge in [0.25, 0.3) is 11.2 Å². The molecule has 0 radical (unpaired) electrons. The molecule has 46 heavy (non-hydrogen) atoms. The lowest BCUT2D eigenvalue weighted by atomic mass is 9.65. The van der Waals surface area contributed by atoms with Crippen molar-refractivity contribution in [3.63, 3.8) is 0 Å². The zero-order valence-corrected chi connectivity index (χ0v) is 26.0. The summed E-state index contributed by atoms with van der Waals surface area (Å²) in [5, 5.41) is 0. The van der Waals surface area contributed by atoms with E-state index in [1.807, 2.05) is 0 Å². The van der Waals surface area contributed by atoms with Crippen LogP contribution in [0.3, 0.4) is 0 Å². The highest BCUT2D eigenvalue weighted by Crippen LogP contribution is 2.47. The van der Waals surface area contributed by atoms with E-state index < -0.39 is 70.7 Å². The smallest absolute Gasteiger partial charge is 0.432 e. The number of methoxy groups -OCH3 is 2. The average molecular weight is 659 g/mol. The van der Waals surface area contributed by atoms with E-state index in [4.69, 9.17) is 18.9 Å². The van der Waals surface area contributed by atoms with Crippen molar-refractivity contribution < 1.29 is 59.7 Å². The summed E-state index contributed by atoms with van der Waals surface area (Å²) in [7, 11) is 1.49. The predicted molar refractivity (Wildman–Crippen MR) is 153 cm³/mol. The second-order valence-electron chi connectivity index (χ2n) is 11.6. The highest BCUT2D eigenvalue weighted by atomic mass is 19.4. The number of ketones is 1. The van der Waals surface area contributed by atoms with E-state index in [9.17, 15) is 40.7 Å². The van der Waals surface area contributed by atoms with Crippen molar-refractivity contribution in [3.05, 3.63) is 83.4 Å². The van der Waals surface area contributed by atoms with Crippen LogP contribution >= 0.6 is 0 Å². The summed E-state index contributed by atoms with van der Waals surface area (Å²) < 4.78 is 106. The van der Waals surface area contributed by atoms with Crippen molar-refractivity contribution in [2.75, 3.05) is 20.8 Å². The van der Waals surface area contributed by atoms with Crippen LogP contribution in [0.25, 0.3) is 0 Å². The number of alkyl halides is 6. The Balaban J connectivity index is 1.81. The lowest BCUT2D eigenvalue weighted by molar-refractivity contribution is -0.279. The van der Waals surface area contributed by atoms with E-state index in [1.165, 1.54) is 49.4 Å². The lowest BCUT2D eigenvalue weighted by Crippen LogP contribution is -2.53. The number of hydrogen-bond acceptors (Lipinski definition) is 7. The van der Waals surface area contributed by atoms with Crippen LogP contribution in [0.4, 0.5) is 26.3 Å². The molecule has 13 heteroatoms. The minimum atomic E-state index is -5.20. The Labute approximate surface area is 262 Å². The lowest BCUT2D eigenvalue weighted by Gasteiger charge is -2.41. The maximum Gasteiger partial charge on any atom is 0.432 e. The molecule has 0 saturated carbocycles. The van der Waals surface area contributed by atoms with Gasteiger partial charge in [0.15, 0.2) is 5.78 Å². The zero-order valence-electron chi connectivity index (χ0n) is 26.0. The summed E-state index contributed by atoms with van der Waals surface area (Å²) in [6, 6.07) is 12.6. The fraction of sp³-hybridized carbons (Fsp3) is 0.485. The molecule has 0 spiro atoms. The van der Waals surface area contributed by atoms with Crippen LogP contribution in [0.5, 0.6) is 0 Å². The van der Waals surface area contributed by atoms with Crippen LogP contribution in [-0.2, 0) is 44.5 Å². The van der Waals surface area contributed by atoms with Gasteiger partial charge in [-0.25, -0.2) is 9.59 Å². The molecule has 0 fully saturated rings. The summed E-state index contributed by atoms with van der Waals surface area (Å²) in [6.45, 7) is 3.97. The number of ether oxygens (including phenoxy) is 4. The van der Waals surface area contributed by atoms with Crippen molar-refractivity contribution in [1.29, 1.82) is 0 Å². The number of rotatable bonds is 12. The molecule has 5 atom stereocenters. The Morgan fingerprint density at radius 1 is 0.848 bits per heavy atom. The van der Waals surface area contributed by atoms with E-state index in [2.05, 4.69) is 0 Å². The monoisotopic (exact) mass is 658 g/mol. The number of carbonyl (C=O) groups is 3. The van der Waals surface area contributed by atoms with Crippen molar-refractivity contribution in [2.24, 2.45) is 11.3 Å². The molecule has 2 aromatic carbocycles. The van der Waals surface area contributed by atoms with Gasteiger partial charge in [0.05, 0.1) is 12.7 Å². The fourth-order valence-corrected chi connectivity index (χ4v) is 6.04. The number of carbonyl (C=O) groups excluding carboxylic acids is 3. The standard InChI is InChI=1S/C33H36F6O7/c1-21-18-25(40)19-29(3,20-45-27(41)30(43-4,32(34,35)36)23-12-8-6-9-13-23)26(21)17-16-22(2)46-28(42)31(44-5,33(37,38)39)24-14-10-7-11-15-24/h6-15,18,22,26H,16-17,19-20H2,1-5H3/t22-,26-,29-,30+,31+/m0/s1. The van der Waals surface area contributed by atoms with E-state index in [-0.39, 0.29) is 25.0 Å². The van der Waals surface area contributed by atoms with Gasteiger partial charge >= 0.3 is 24.3 Å². The molecule has 0 amide bonds. The van der Waals surface area contributed by atoms with Crippen LogP contribution in [0.2, 0.25) is 0 Å². The highest BCUT2D eigenvalue weighted by molar-refractivity contribution is 5.92. The van der Waals surface area contributed by atoms with Gasteiger partial charge in [0.2, 0.25) is 0 Å². The Hall–Kier alpha value is -3.71. The van der Waals surface area contributed by atoms with Gasteiger partial charge in [0, 0.05) is 37.2 Å². The minimum Gasteiger partial charge on any atom is -0.462 e. The van der Waals surface area contributed by atoms with Gasteiger partial charge in [-0.2, -0.15) is 26.3 Å². The topological polar surface area (TPSA) is 88.1 Å². The first kappa shape index (κ1) is 36.8. The molecule has 0 bridgehead atoms. The molecule has 1 aliphatic rings. The molecule has 0 aromatic heterocycles. The molecule has 0 N–H and O–H groups in total. The van der Waals surface area contributed by atoms with Crippen LogP contribution in [-0.4, -0.2) is 57.0 Å². The van der Waals surface area contributed by atoms with Crippen molar-refractivity contribution in [3.8, 4) is 0 Å². The van der Waals surface area contributed by atoms with Crippen molar-refractivity contribution in [2.45, 2.75) is 69.7 Å². The molecule has 3 rings (SSSR count). The third-order valence-corrected chi connectivity index (χ3v) is 8.41. The van der Waals surface area contributed by atoms with Crippen molar-refractivity contribution >= 4 is 17.7 Å². The molecular weight excluding hydrogens is 622 g/mol. The highest BCUT2D eigenvalue weighted by Gasteiger charge is 2.65. The summed E-state index contributed by atoms with van der Waals surface area (Å²) in [5.74, 6) is -4.32. The number of hydrogen-bond donors (Lipinski definition) is 0. The first-order valence-corrected chi connectivity index (χ1v) is 14.3. The molecule has 7 nitrogen and oxygen atoms in total. The molecule has 2 aromatic rings. The summed E-state index contributed by atoms with van der Waals surface area (Å²) >= 11 is 0. The van der Waals surface area contributed by atoms with E-state index in [0.717, 1.165) is 38.5 Å². The van der Waals surface area contributed by atoms with Crippen LogP contribution in [0.15, 0.2) is 72.3 Å². The predicted octanol–water partition coefficient (Wildman–Crippen LogP) is 6.99. The van der Waals surface area contributed by atoms with Gasteiger partial charge in [-0.3, -0.25) is 4.79 Å². The number of esters is 2. The quantitative estimate of drug-likeness (QED) is 0.180. The summed E-state index contributed by atoms with van der Waals surface area (Å²) in [5.41, 5.74) is -8.46. The third kappa shape index (κ3) is 7.00. The SMILES string of the molecule is CO[C@@](C(=O)OC[C@]1(C)CC(=O)C=C(C)[C@@H]1CC[C@H](C)OC(=O)[C@](OC)(c1ccccc1)C(F)(F)F)(c1ccccc1)C(F)(F)F. The normalized spacial score (nSPS) is 22.2. The van der Waals surface area contributed by atoms with Crippen LogP contribution < -0.4 is 0 Å². The Kier molecular flexibility index (Phi) is 11.2. The summed E-state index contributed by atoms with van der Waals surface area (Å²) in [4.78, 5) is 38.8. The van der Waals surface area contributed by atoms with Crippen molar-refractivity contribution in [1.82, 2.24) is 0 Å². The van der Waals surface area contributed by atoms with E-state index in [1.54, 1.807) is 13.8 Å². The van der Waals surface area contributed by atoms with Gasteiger partial charge in [-0.1, -0.05) is 73.2 Å². The molecule has 0 aliphatic heterocycles. The van der Waals surface area contributed by atoms with Gasteiger partial charge in [-0.15, -0.1) is 0 Å².